The molecule has 6 nitrogen and oxygen atoms in total. The molecule has 22 heavy (non-hydrogen) atoms. The molecular formula is C16H21N3O3. The number of hydrogen-bond donors (Lipinski definition) is 0. The Labute approximate surface area is 129 Å². The molecule has 2 aromatic heterocycles. The van der Waals surface area contributed by atoms with Gasteiger partial charge in [0.1, 0.15) is 17.5 Å². The molecule has 0 unspecified atom stereocenters. The zero-order chi connectivity index (χ0) is 15.5. The number of aromatic nitrogens is 3. The lowest BCUT2D eigenvalue weighted by atomic mass is 9.95. The summed E-state index contributed by atoms with van der Waals surface area (Å²) in [5, 5.41) is 4.19. The van der Waals surface area contributed by atoms with Gasteiger partial charge >= 0.3 is 5.97 Å². The number of carbonyl (C=O) groups is 1. The maximum atomic E-state index is 12.5. The van der Waals surface area contributed by atoms with Crippen molar-refractivity contribution in [3.05, 3.63) is 36.3 Å². The van der Waals surface area contributed by atoms with Crippen LogP contribution in [0.25, 0.3) is 5.82 Å². The van der Waals surface area contributed by atoms with Crippen molar-refractivity contribution in [1.82, 2.24) is 14.3 Å². The predicted molar refractivity (Wildman–Crippen MR) is 81.0 cm³/mol. The highest BCUT2D eigenvalue weighted by Crippen LogP contribution is 2.25. The van der Waals surface area contributed by atoms with E-state index in [0.717, 1.165) is 25.7 Å². The molecule has 0 spiro atoms. The Kier molecular flexibility index (Phi) is 4.29. The van der Waals surface area contributed by atoms with Crippen LogP contribution in [0, 0.1) is 0 Å². The number of nitrogens with zero attached hydrogens (tertiary/aromatic N) is 3. The molecule has 118 valence electrons. The molecule has 1 aliphatic carbocycles. The third-order valence-corrected chi connectivity index (χ3v) is 4.16. The second-order valence-electron chi connectivity index (χ2n) is 5.65. The molecule has 0 N–H and O–H groups in total. The normalized spacial score (nSPS) is 21.7. The number of hydrogen-bond acceptors (Lipinski definition) is 4. The van der Waals surface area contributed by atoms with E-state index in [4.69, 9.17) is 9.47 Å². The third-order valence-electron chi connectivity index (χ3n) is 4.16. The fraction of sp³-hybridized carbons (Fsp3) is 0.500. The van der Waals surface area contributed by atoms with E-state index in [2.05, 4.69) is 5.10 Å². The van der Waals surface area contributed by atoms with E-state index in [1.807, 2.05) is 36.1 Å². The molecule has 0 aromatic carbocycles. The van der Waals surface area contributed by atoms with E-state index in [9.17, 15) is 4.79 Å². The molecule has 0 radical (unpaired) electrons. The monoisotopic (exact) mass is 303 g/mol. The van der Waals surface area contributed by atoms with Crippen LogP contribution in [-0.2, 0) is 16.5 Å². The fourth-order valence-electron chi connectivity index (χ4n) is 3.00. The molecular weight excluding hydrogens is 282 g/mol. The minimum atomic E-state index is -0.321. The first-order valence-electron chi connectivity index (χ1n) is 7.58. The van der Waals surface area contributed by atoms with Gasteiger partial charge < -0.3 is 14.0 Å². The van der Waals surface area contributed by atoms with Crippen molar-refractivity contribution in [1.29, 1.82) is 0 Å². The largest absolute Gasteiger partial charge is 0.459 e. The lowest BCUT2D eigenvalue weighted by Gasteiger charge is -2.27. The first-order chi connectivity index (χ1) is 10.7. The Hall–Kier alpha value is -2.08. The van der Waals surface area contributed by atoms with Crippen molar-refractivity contribution >= 4 is 5.97 Å². The summed E-state index contributed by atoms with van der Waals surface area (Å²) in [6.45, 7) is 0. The van der Waals surface area contributed by atoms with Crippen molar-refractivity contribution in [2.75, 3.05) is 7.11 Å². The number of rotatable bonds is 4. The summed E-state index contributed by atoms with van der Waals surface area (Å²) in [4.78, 5) is 12.5. The Morgan fingerprint density at radius 3 is 2.73 bits per heavy atom. The summed E-state index contributed by atoms with van der Waals surface area (Å²) in [5.74, 6) is 0.396. The van der Waals surface area contributed by atoms with Gasteiger partial charge in [-0.05, 0) is 31.4 Å². The molecule has 1 aliphatic rings. The van der Waals surface area contributed by atoms with E-state index in [1.54, 1.807) is 18.0 Å². The minimum absolute atomic E-state index is 0.0797. The van der Waals surface area contributed by atoms with Crippen LogP contribution >= 0.6 is 0 Å². The van der Waals surface area contributed by atoms with E-state index >= 15 is 0 Å². The quantitative estimate of drug-likeness (QED) is 0.813. The first kappa shape index (κ1) is 14.8. The third kappa shape index (κ3) is 2.92. The van der Waals surface area contributed by atoms with Crippen LogP contribution in [0.3, 0.4) is 0 Å². The summed E-state index contributed by atoms with van der Waals surface area (Å²) in [6.07, 6.45) is 9.15. The second kappa shape index (κ2) is 6.36. The van der Waals surface area contributed by atoms with Gasteiger partial charge in [0.05, 0.1) is 12.3 Å². The standard InChI is InChI=1S/C16H21N3O3/c1-18-15(19-8-3-4-9-19)14(11-17-18)16(20)22-13-7-5-6-12(10-13)21-2/h3-4,8-9,11-13H,5-7,10H2,1-2H3/t12-,13-/m1/s1. The molecule has 0 saturated heterocycles. The van der Waals surface area contributed by atoms with Crippen molar-refractivity contribution in [2.24, 2.45) is 7.05 Å². The molecule has 2 heterocycles. The van der Waals surface area contributed by atoms with Crippen LogP contribution in [0.1, 0.15) is 36.0 Å². The molecule has 3 rings (SSSR count). The zero-order valence-corrected chi connectivity index (χ0v) is 12.9. The summed E-state index contributed by atoms with van der Waals surface area (Å²) in [6, 6.07) is 3.82. The number of carbonyl (C=O) groups excluding carboxylic acids is 1. The SMILES string of the molecule is CO[C@@H]1CCC[C@@H](OC(=O)c2cnn(C)c2-n2cccc2)C1. The fourth-order valence-corrected chi connectivity index (χ4v) is 3.00. The van der Waals surface area contributed by atoms with Crippen molar-refractivity contribution < 1.29 is 14.3 Å². The van der Waals surface area contributed by atoms with Gasteiger partial charge in [-0.1, -0.05) is 0 Å². The Morgan fingerprint density at radius 1 is 1.27 bits per heavy atom. The topological polar surface area (TPSA) is 58.3 Å². The zero-order valence-electron chi connectivity index (χ0n) is 12.9. The average molecular weight is 303 g/mol. The smallest absolute Gasteiger partial charge is 0.343 e. The van der Waals surface area contributed by atoms with Gasteiger partial charge in [-0.25, -0.2) is 4.79 Å². The van der Waals surface area contributed by atoms with E-state index in [0.29, 0.717) is 11.4 Å². The van der Waals surface area contributed by atoms with E-state index < -0.39 is 0 Å². The van der Waals surface area contributed by atoms with Crippen molar-refractivity contribution in [2.45, 2.75) is 37.9 Å². The second-order valence-corrected chi connectivity index (χ2v) is 5.65. The highest BCUT2D eigenvalue weighted by atomic mass is 16.5. The van der Waals surface area contributed by atoms with Gasteiger partial charge in [0.15, 0.2) is 0 Å². The minimum Gasteiger partial charge on any atom is -0.459 e. The maximum absolute atomic E-state index is 12.5. The van der Waals surface area contributed by atoms with E-state index in [1.165, 1.54) is 0 Å². The number of methoxy groups -OCH3 is 1. The average Bonchev–Trinajstić information content (AvgIpc) is 3.16. The van der Waals surface area contributed by atoms with Crippen LogP contribution in [0.2, 0.25) is 0 Å². The molecule has 0 amide bonds. The van der Waals surface area contributed by atoms with Crippen LogP contribution in [-0.4, -0.2) is 39.6 Å². The summed E-state index contributed by atoms with van der Waals surface area (Å²) in [7, 11) is 3.52. The van der Waals surface area contributed by atoms with Gasteiger partial charge in [0.25, 0.3) is 0 Å². The number of aryl methyl sites for hydroxylation is 1. The van der Waals surface area contributed by atoms with Crippen molar-refractivity contribution in [3.8, 4) is 5.82 Å². The van der Waals surface area contributed by atoms with Crippen LogP contribution in [0.15, 0.2) is 30.7 Å². The number of esters is 1. The Balaban J connectivity index is 1.76. The van der Waals surface area contributed by atoms with Gasteiger partial charge in [0.2, 0.25) is 0 Å². The number of ether oxygens (including phenoxy) is 2. The van der Waals surface area contributed by atoms with Crippen molar-refractivity contribution in [3.63, 3.8) is 0 Å². The molecule has 6 heteroatoms. The molecule has 0 aliphatic heterocycles. The molecule has 2 atom stereocenters. The van der Waals surface area contributed by atoms with Crippen LogP contribution in [0.4, 0.5) is 0 Å². The Morgan fingerprint density at radius 2 is 2.00 bits per heavy atom. The van der Waals surface area contributed by atoms with E-state index in [-0.39, 0.29) is 18.2 Å². The van der Waals surface area contributed by atoms with Gasteiger partial charge in [-0.15, -0.1) is 0 Å². The van der Waals surface area contributed by atoms with Gasteiger partial charge in [0, 0.05) is 33.0 Å². The molecule has 1 fully saturated rings. The summed E-state index contributed by atoms with van der Waals surface area (Å²) < 4.78 is 14.6. The first-order valence-corrected chi connectivity index (χ1v) is 7.58. The molecule has 0 bridgehead atoms. The maximum Gasteiger partial charge on any atom is 0.343 e. The summed E-state index contributed by atoms with van der Waals surface area (Å²) in [5.41, 5.74) is 0.484. The lowest BCUT2D eigenvalue weighted by molar-refractivity contribution is -0.0149. The highest BCUT2D eigenvalue weighted by molar-refractivity contribution is 5.92. The predicted octanol–water partition coefficient (Wildman–Crippen LogP) is 2.33. The van der Waals surface area contributed by atoms with Gasteiger partial charge in [-0.3, -0.25) is 4.68 Å². The van der Waals surface area contributed by atoms with Gasteiger partial charge in [-0.2, -0.15) is 5.10 Å². The highest BCUT2D eigenvalue weighted by Gasteiger charge is 2.27. The Bertz CT molecular complexity index is 633. The molecule has 2 aromatic rings. The summed E-state index contributed by atoms with van der Waals surface area (Å²) >= 11 is 0. The van der Waals surface area contributed by atoms with Crippen LogP contribution < -0.4 is 0 Å². The molecule has 1 saturated carbocycles. The lowest BCUT2D eigenvalue weighted by Crippen LogP contribution is -2.29. The van der Waals surface area contributed by atoms with Crippen LogP contribution in [0.5, 0.6) is 0 Å².